The van der Waals surface area contributed by atoms with Crippen molar-refractivity contribution < 1.29 is 14.3 Å². The van der Waals surface area contributed by atoms with Crippen molar-refractivity contribution in [1.29, 1.82) is 0 Å². The number of rotatable bonds is 2. The topological polar surface area (TPSA) is 60.7 Å². The number of fused-ring (bicyclic) bond motifs is 13. The van der Waals surface area contributed by atoms with Crippen LogP contribution in [0.25, 0.3) is 43.6 Å². The molecule has 3 aromatic carbocycles. The van der Waals surface area contributed by atoms with Crippen molar-refractivity contribution in [3.63, 3.8) is 0 Å². The van der Waals surface area contributed by atoms with Gasteiger partial charge in [-0.3, -0.25) is 4.79 Å². The zero-order valence-electron chi connectivity index (χ0n) is 20.8. The Morgan fingerprint density at radius 3 is 2.44 bits per heavy atom. The Morgan fingerprint density at radius 1 is 1.03 bits per heavy atom. The van der Waals surface area contributed by atoms with Gasteiger partial charge in [-0.05, 0) is 38.7 Å². The number of benzene rings is 3. The van der Waals surface area contributed by atoms with E-state index in [2.05, 4.69) is 88.9 Å². The van der Waals surface area contributed by atoms with Crippen LogP contribution in [0.15, 0.2) is 48.5 Å². The number of carbonyl (C=O) groups is 1. The van der Waals surface area contributed by atoms with Crippen LogP contribution in [0.3, 0.4) is 0 Å². The van der Waals surface area contributed by atoms with Gasteiger partial charge < -0.3 is 28.8 Å². The van der Waals surface area contributed by atoms with E-state index in [0.29, 0.717) is 6.54 Å². The molecule has 7 nitrogen and oxygen atoms in total. The van der Waals surface area contributed by atoms with Gasteiger partial charge in [0, 0.05) is 47.7 Å². The lowest BCUT2D eigenvalue weighted by molar-refractivity contribution is -0.266. The van der Waals surface area contributed by atoms with Crippen LogP contribution in [-0.4, -0.2) is 53.3 Å². The smallest absolute Gasteiger partial charge is 0.252 e. The van der Waals surface area contributed by atoms with Gasteiger partial charge in [0.2, 0.25) is 0 Å². The number of amides is 1. The van der Waals surface area contributed by atoms with Crippen LogP contribution in [0.2, 0.25) is 0 Å². The van der Waals surface area contributed by atoms with Gasteiger partial charge in [0.1, 0.15) is 12.3 Å². The molecule has 0 unspecified atom stereocenters. The average Bonchev–Trinajstić information content (AvgIpc) is 3.51. The lowest BCUT2D eigenvalue weighted by Gasteiger charge is -2.50. The Balaban J connectivity index is 1.70. The molecule has 4 atom stereocenters. The molecule has 36 heavy (non-hydrogen) atoms. The molecule has 2 bridgehead atoms. The average molecular weight is 481 g/mol. The van der Waals surface area contributed by atoms with Crippen molar-refractivity contribution in [1.82, 2.24) is 19.4 Å². The SMILES string of the molecule is CO[C@@H]1[C@H](N(C)C)C[C@H]2O[C@]1(C)n1c3ccccc3c3c4c(c5c6ccccc6n2c5c31)C(=O)NC4. The van der Waals surface area contributed by atoms with E-state index in [9.17, 15) is 4.79 Å². The van der Waals surface area contributed by atoms with Crippen molar-refractivity contribution in [3.05, 3.63) is 59.7 Å². The van der Waals surface area contributed by atoms with E-state index in [-0.39, 0.29) is 24.3 Å². The van der Waals surface area contributed by atoms with Gasteiger partial charge in [-0.15, -0.1) is 0 Å². The molecule has 5 aromatic rings. The van der Waals surface area contributed by atoms with Crippen LogP contribution in [0.4, 0.5) is 0 Å². The van der Waals surface area contributed by atoms with Crippen molar-refractivity contribution >= 4 is 49.5 Å². The molecule has 8 rings (SSSR count). The molecule has 182 valence electrons. The largest absolute Gasteiger partial charge is 0.375 e. The molecule has 3 aliphatic heterocycles. The van der Waals surface area contributed by atoms with E-state index >= 15 is 0 Å². The third kappa shape index (κ3) is 2.19. The second-order valence-corrected chi connectivity index (χ2v) is 10.8. The summed E-state index contributed by atoms with van der Waals surface area (Å²) in [5.74, 6) is 0.00641. The molecule has 1 amide bonds. The summed E-state index contributed by atoms with van der Waals surface area (Å²) in [6.07, 6.45) is 0.379. The molecule has 0 saturated carbocycles. The van der Waals surface area contributed by atoms with Gasteiger partial charge in [0.25, 0.3) is 5.91 Å². The van der Waals surface area contributed by atoms with E-state index in [1.165, 1.54) is 0 Å². The highest BCUT2D eigenvalue weighted by Crippen LogP contribution is 2.54. The normalized spacial score (nSPS) is 27.0. The maximum Gasteiger partial charge on any atom is 0.252 e. The van der Waals surface area contributed by atoms with Gasteiger partial charge in [-0.25, -0.2) is 0 Å². The first-order chi connectivity index (χ1) is 17.5. The molecule has 0 spiro atoms. The van der Waals surface area contributed by atoms with Gasteiger partial charge in [0.05, 0.1) is 27.6 Å². The van der Waals surface area contributed by atoms with E-state index < -0.39 is 5.72 Å². The predicted octanol–water partition coefficient (Wildman–Crippen LogP) is 4.70. The summed E-state index contributed by atoms with van der Waals surface area (Å²) in [5.41, 5.74) is 5.54. The van der Waals surface area contributed by atoms with Crippen LogP contribution in [0, 0.1) is 0 Å². The van der Waals surface area contributed by atoms with Crippen molar-refractivity contribution in [2.45, 2.75) is 44.0 Å². The summed E-state index contributed by atoms with van der Waals surface area (Å²) < 4.78 is 18.2. The minimum absolute atomic E-state index is 0.00641. The summed E-state index contributed by atoms with van der Waals surface area (Å²) >= 11 is 0. The molecule has 5 heterocycles. The minimum atomic E-state index is -0.759. The van der Waals surface area contributed by atoms with Gasteiger partial charge >= 0.3 is 0 Å². The summed E-state index contributed by atoms with van der Waals surface area (Å²) in [5, 5.41) is 7.55. The Kier molecular flexibility index (Phi) is 3.85. The number of para-hydroxylation sites is 2. The predicted molar refractivity (Wildman–Crippen MR) is 140 cm³/mol. The van der Waals surface area contributed by atoms with Crippen LogP contribution in [0.5, 0.6) is 0 Å². The van der Waals surface area contributed by atoms with Crippen LogP contribution < -0.4 is 5.32 Å². The highest BCUT2D eigenvalue weighted by atomic mass is 16.6. The van der Waals surface area contributed by atoms with Crippen molar-refractivity contribution in [3.8, 4) is 0 Å². The zero-order chi connectivity index (χ0) is 24.5. The molecule has 1 fully saturated rings. The molecular formula is C29H28N4O3. The van der Waals surface area contributed by atoms with Crippen molar-refractivity contribution in [2.75, 3.05) is 21.2 Å². The molecule has 3 aliphatic rings. The molecule has 0 aliphatic carbocycles. The number of carbonyl (C=O) groups excluding carboxylic acids is 1. The maximum atomic E-state index is 13.4. The quantitative estimate of drug-likeness (QED) is 0.398. The Bertz CT molecular complexity index is 1780. The zero-order valence-corrected chi connectivity index (χ0v) is 20.8. The fourth-order valence-electron chi connectivity index (χ4n) is 7.51. The second-order valence-electron chi connectivity index (χ2n) is 10.8. The third-order valence-corrected chi connectivity index (χ3v) is 8.86. The molecule has 7 heteroatoms. The number of aromatic nitrogens is 2. The molecule has 1 saturated heterocycles. The third-order valence-electron chi connectivity index (χ3n) is 8.86. The first kappa shape index (κ1) is 20.8. The monoisotopic (exact) mass is 480 g/mol. The summed E-state index contributed by atoms with van der Waals surface area (Å²) in [6, 6.07) is 17.1. The van der Waals surface area contributed by atoms with Crippen LogP contribution >= 0.6 is 0 Å². The van der Waals surface area contributed by atoms with Crippen LogP contribution in [0.1, 0.15) is 35.5 Å². The minimum Gasteiger partial charge on any atom is -0.375 e. The van der Waals surface area contributed by atoms with Gasteiger partial charge in [-0.1, -0.05) is 36.4 Å². The van der Waals surface area contributed by atoms with E-state index in [1.807, 2.05) is 0 Å². The lowest BCUT2D eigenvalue weighted by Crippen LogP contribution is -2.59. The van der Waals surface area contributed by atoms with E-state index in [1.54, 1.807) is 7.11 Å². The Hall–Kier alpha value is -3.39. The molecular weight excluding hydrogens is 452 g/mol. The Morgan fingerprint density at radius 2 is 1.72 bits per heavy atom. The van der Waals surface area contributed by atoms with Gasteiger partial charge in [0.15, 0.2) is 5.72 Å². The highest BCUT2D eigenvalue weighted by molar-refractivity contribution is 6.31. The first-order valence-electron chi connectivity index (χ1n) is 12.6. The number of methoxy groups -OCH3 is 1. The second kappa shape index (κ2) is 6.68. The van der Waals surface area contributed by atoms with Gasteiger partial charge in [-0.2, -0.15) is 0 Å². The number of likely N-dealkylation sites (N-methyl/N-ethyl adjacent to an activating group) is 1. The van der Waals surface area contributed by atoms with Crippen LogP contribution in [-0.2, 0) is 21.7 Å². The fourth-order valence-corrected chi connectivity index (χ4v) is 7.51. The summed E-state index contributed by atoms with van der Waals surface area (Å²) in [7, 11) is 6.03. The lowest BCUT2D eigenvalue weighted by atomic mass is 9.92. The fraction of sp³-hybridized carbons (Fsp3) is 0.345. The summed E-state index contributed by atoms with van der Waals surface area (Å²) in [6.45, 7) is 2.70. The first-order valence-corrected chi connectivity index (χ1v) is 12.6. The van der Waals surface area contributed by atoms with E-state index in [4.69, 9.17) is 9.47 Å². The molecule has 2 aromatic heterocycles. The molecule has 0 radical (unpaired) electrons. The number of hydrogen-bond donors (Lipinski definition) is 1. The number of nitrogens with one attached hydrogen (secondary N) is 1. The standard InChI is InChI=1S/C29H28N4O3/c1-29-27(35-4)20(31(2)3)13-21(36-29)32-18-11-7-5-9-15(18)23-24-17(14-30-28(24)34)22-16-10-6-8-12-19(16)33(29)26(22)25(23)32/h5-12,20-21,27H,13-14H2,1-4H3,(H,30,34)/t20-,21-,27-,29+/m1/s1. The number of nitrogens with zero attached hydrogens (tertiary/aromatic N) is 3. The highest BCUT2D eigenvalue weighted by Gasteiger charge is 2.53. The Labute approximate surface area is 208 Å². The number of ether oxygens (including phenoxy) is 2. The number of hydrogen-bond acceptors (Lipinski definition) is 4. The van der Waals surface area contributed by atoms with Crippen molar-refractivity contribution in [2.24, 2.45) is 0 Å². The molecule has 1 N–H and O–H groups in total. The maximum absolute atomic E-state index is 13.4. The van der Waals surface area contributed by atoms with E-state index in [0.717, 1.165) is 61.2 Å². The summed E-state index contributed by atoms with van der Waals surface area (Å²) in [4.78, 5) is 15.6.